The van der Waals surface area contributed by atoms with Crippen molar-refractivity contribution in [1.29, 1.82) is 0 Å². The molecule has 5 heteroatoms. The molecule has 0 aliphatic carbocycles. The summed E-state index contributed by atoms with van der Waals surface area (Å²) in [5.41, 5.74) is 0.926. The third-order valence-electron chi connectivity index (χ3n) is 2.99. The predicted molar refractivity (Wildman–Crippen MR) is 73.4 cm³/mol. The molecule has 0 saturated heterocycles. The first-order valence-electron chi connectivity index (χ1n) is 6.14. The molecule has 0 unspecified atom stereocenters. The molecule has 1 aliphatic rings. The predicted octanol–water partition coefficient (Wildman–Crippen LogP) is 2.03. The van der Waals surface area contributed by atoms with Crippen molar-refractivity contribution in [2.75, 3.05) is 23.9 Å². The number of nitrogens with one attached hydrogen (secondary N) is 1. The number of ether oxygens (including phenoxy) is 1. The Morgan fingerprint density at radius 3 is 2.68 bits per heavy atom. The van der Waals surface area contributed by atoms with Crippen LogP contribution < -0.4 is 15.0 Å². The van der Waals surface area contributed by atoms with Crippen molar-refractivity contribution in [2.24, 2.45) is 5.41 Å². The molecule has 1 heterocycles. The number of amides is 2. The van der Waals surface area contributed by atoms with Gasteiger partial charge in [0.2, 0.25) is 5.91 Å². The lowest BCUT2D eigenvalue weighted by molar-refractivity contribution is -0.123. The molecule has 0 atom stereocenters. The Balaban J connectivity index is 2.23. The molecule has 0 radical (unpaired) electrons. The maximum absolute atomic E-state index is 11.9. The zero-order chi connectivity index (χ0) is 14.2. The van der Waals surface area contributed by atoms with Gasteiger partial charge in [-0.3, -0.25) is 9.59 Å². The molecular formula is C14H18N2O3. The molecule has 0 fully saturated rings. The van der Waals surface area contributed by atoms with E-state index in [9.17, 15) is 9.59 Å². The third-order valence-corrected chi connectivity index (χ3v) is 2.99. The van der Waals surface area contributed by atoms with Crippen LogP contribution in [-0.2, 0) is 9.59 Å². The summed E-state index contributed by atoms with van der Waals surface area (Å²) in [4.78, 5) is 24.9. The molecule has 0 aromatic heterocycles. The quantitative estimate of drug-likeness (QED) is 0.842. The summed E-state index contributed by atoms with van der Waals surface area (Å²) in [7, 11) is 1.71. The molecule has 5 nitrogen and oxygen atoms in total. The van der Waals surface area contributed by atoms with Gasteiger partial charge in [0, 0.05) is 24.2 Å². The van der Waals surface area contributed by atoms with Crippen LogP contribution in [0.1, 0.15) is 20.8 Å². The number of rotatable bonds is 1. The van der Waals surface area contributed by atoms with Crippen molar-refractivity contribution in [1.82, 2.24) is 0 Å². The van der Waals surface area contributed by atoms with Gasteiger partial charge in [-0.25, -0.2) is 0 Å². The molecular weight excluding hydrogens is 244 g/mol. The lowest BCUT2D eigenvalue weighted by Gasteiger charge is -2.26. The summed E-state index contributed by atoms with van der Waals surface area (Å²) in [5.74, 6) is 0.459. The SMILES string of the molecule is CN1C(=O)COc2cc(NC(=O)C(C)(C)C)ccc21. The Morgan fingerprint density at radius 2 is 2.05 bits per heavy atom. The van der Waals surface area contributed by atoms with E-state index >= 15 is 0 Å². The monoisotopic (exact) mass is 262 g/mol. The molecule has 1 aliphatic heterocycles. The fraction of sp³-hybridized carbons (Fsp3) is 0.429. The van der Waals surface area contributed by atoms with Crippen molar-refractivity contribution in [2.45, 2.75) is 20.8 Å². The van der Waals surface area contributed by atoms with Gasteiger partial charge in [0.1, 0.15) is 5.75 Å². The Kier molecular flexibility index (Phi) is 3.22. The van der Waals surface area contributed by atoms with Gasteiger partial charge in [0.25, 0.3) is 5.91 Å². The van der Waals surface area contributed by atoms with Crippen molar-refractivity contribution in [3.8, 4) is 5.75 Å². The first kappa shape index (κ1) is 13.4. The molecule has 1 N–H and O–H groups in total. The van der Waals surface area contributed by atoms with E-state index in [-0.39, 0.29) is 18.4 Å². The first-order chi connectivity index (χ1) is 8.79. The average molecular weight is 262 g/mol. The lowest BCUT2D eigenvalue weighted by atomic mass is 9.95. The summed E-state index contributed by atoms with van der Waals surface area (Å²) in [6.45, 7) is 5.58. The van der Waals surface area contributed by atoms with E-state index in [4.69, 9.17) is 4.74 Å². The topological polar surface area (TPSA) is 58.6 Å². The highest BCUT2D eigenvalue weighted by Gasteiger charge is 2.24. The summed E-state index contributed by atoms with van der Waals surface area (Å²) in [5, 5.41) is 2.84. The van der Waals surface area contributed by atoms with Crippen LogP contribution in [0.4, 0.5) is 11.4 Å². The Morgan fingerprint density at radius 1 is 1.37 bits per heavy atom. The minimum atomic E-state index is -0.455. The van der Waals surface area contributed by atoms with Gasteiger partial charge in [-0.15, -0.1) is 0 Å². The highest BCUT2D eigenvalue weighted by molar-refractivity contribution is 5.99. The summed E-state index contributed by atoms with van der Waals surface area (Å²) < 4.78 is 5.37. The van der Waals surface area contributed by atoms with E-state index in [1.165, 1.54) is 0 Å². The fourth-order valence-electron chi connectivity index (χ4n) is 1.67. The fourth-order valence-corrected chi connectivity index (χ4v) is 1.67. The number of likely N-dealkylation sites (N-methyl/N-ethyl adjacent to an activating group) is 1. The normalized spacial score (nSPS) is 14.7. The summed E-state index contributed by atoms with van der Waals surface area (Å²) >= 11 is 0. The molecule has 1 aromatic carbocycles. The highest BCUT2D eigenvalue weighted by atomic mass is 16.5. The van der Waals surface area contributed by atoms with Crippen molar-refractivity contribution >= 4 is 23.2 Å². The van der Waals surface area contributed by atoms with Crippen LogP contribution in [0.15, 0.2) is 18.2 Å². The van der Waals surface area contributed by atoms with E-state index in [1.807, 2.05) is 20.8 Å². The van der Waals surface area contributed by atoms with Crippen molar-refractivity contribution in [3.63, 3.8) is 0 Å². The first-order valence-corrected chi connectivity index (χ1v) is 6.14. The highest BCUT2D eigenvalue weighted by Crippen LogP contribution is 2.34. The number of hydrogen-bond acceptors (Lipinski definition) is 3. The van der Waals surface area contributed by atoms with Crippen molar-refractivity contribution in [3.05, 3.63) is 18.2 Å². The summed E-state index contributed by atoms with van der Waals surface area (Å²) in [6.07, 6.45) is 0. The number of anilines is 2. The molecule has 19 heavy (non-hydrogen) atoms. The molecule has 2 rings (SSSR count). The van der Waals surface area contributed by atoms with Gasteiger partial charge in [0.15, 0.2) is 6.61 Å². The second kappa shape index (κ2) is 4.57. The number of carbonyl (C=O) groups excluding carboxylic acids is 2. The minimum absolute atomic E-state index is 0.0279. The molecule has 0 spiro atoms. The largest absolute Gasteiger partial charge is 0.481 e. The van der Waals surface area contributed by atoms with Gasteiger partial charge in [-0.1, -0.05) is 20.8 Å². The van der Waals surface area contributed by atoms with Crippen molar-refractivity contribution < 1.29 is 14.3 Å². The van der Waals surface area contributed by atoms with E-state index < -0.39 is 5.41 Å². The molecule has 102 valence electrons. The van der Waals surface area contributed by atoms with Crippen LogP contribution in [0, 0.1) is 5.41 Å². The lowest BCUT2D eigenvalue weighted by Crippen LogP contribution is -2.35. The number of nitrogens with zero attached hydrogens (tertiary/aromatic N) is 1. The van der Waals surface area contributed by atoms with Crippen LogP contribution in [0.5, 0.6) is 5.75 Å². The summed E-state index contributed by atoms with van der Waals surface area (Å²) in [6, 6.07) is 5.27. The average Bonchev–Trinajstić information content (AvgIpc) is 2.33. The maximum Gasteiger partial charge on any atom is 0.264 e. The second-order valence-corrected chi connectivity index (χ2v) is 5.63. The molecule has 0 saturated carbocycles. The maximum atomic E-state index is 11.9. The molecule has 2 amide bonds. The van der Waals surface area contributed by atoms with Gasteiger partial charge < -0.3 is 15.0 Å². The van der Waals surface area contributed by atoms with Crippen LogP contribution in [0.3, 0.4) is 0 Å². The smallest absolute Gasteiger partial charge is 0.264 e. The van der Waals surface area contributed by atoms with Crippen LogP contribution >= 0.6 is 0 Å². The molecule has 0 bridgehead atoms. The number of hydrogen-bond donors (Lipinski definition) is 1. The van der Waals surface area contributed by atoms with Crippen LogP contribution in [0.2, 0.25) is 0 Å². The Labute approximate surface area is 112 Å². The van der Waals surface area contributed by atoms with E-state index in [2.05, 4.69) is 5.32 Å². The molecule has 1 aromatic rings. The second-order valence-electron chi connectivity index (χ2n) is 5.63. The number of benzene rings is 1. The van der Waals surface area contributed by atoms with Crippen LogP contribution in [-0.4, -0.2) is 25.5 Å². The minimum Gasteiger partial charge on any atom is -0.481 e. The van der Waals surface area contributed by atoms with Gasteiger partial charge in [-0.05, 0) is 12.1 Å². The van der Waals surface area contributed by atoms with Gasteiger partial charge >= 0.3 is 0 Å². The Bertz CT molecular complexity index is 532. The standard InChI is InChI=1S/C14H18N2O3/c1-14(2,3)13(18)15-9-5-6-10-11(7-9)19-8-12(17)16(10)4/h5-7H,8H2,1-4H3,(H,15,18). The number of carbonyl (C=O) groups is 2. The van der Waals surface area contributed by atoms with E-state index in [1.54, 1.807) is 30.1 Å². The third kappa shape index (κ3) is 2.70. The van der Waals surface area contributed by atoms with Gasteiger partial charge in [0.05, 0.1) is 5.69 Å². The van der Waals surface area contributed by atoms with E-state index in [0.717, 1.165) is 0 Å². The van der Waals surface area contributed by atoms with Gasteiger partial charge in [-0.2, -0.15) is 0 Å². The zero-order valence-electron chi connectivity index (χ0n) is 11.6. The zero-order valence-corrected chi connectivity index (χ0v) is 11.6. The Hall–Kier alpha value is -2.04. The number of fused-ring (bicyclic) bond motifs is 1. The van der Waals surface area contributed by atoms with Crippen LogP contribution in [0.25, 0.3) is 0 Å². The van der Waals surface area contributed by atoms with E-state index in [0.29, 0.717) is 17.1 Å².